The summed E-state index contributed by atoms with van der Waals surface area (Å²) in [6, 6.07) is 73.3. The molecule has 0 aliphatic carbocycles. The standard InChI is InChI=1S/C57H43NS/c1-38-31-36-46-55(59-56-47(57(46,2)3)30-19-37-58-56)48(38)44-32-34-45(35-33-44)54-52(42-26-15-7-16-27-42)50(40-22-11-5-12-23-40)49(39-20-9-4-10-21-39)51(41-24-13-6-14-25-41)53(54)43-28-17-8-18-29-43/h4-37H,1-3H3. The zero-order chi connectivity index (χ0) is 39.9. The van der Waals surface area contributed by atoms with E-state index in [0.717, 1.165) is 5.03 Å². The van der Waals surface area contributed by atoms with Gasteiger partial charge in [-0.1, -0.05) is 220 Å². The second-order valence-corrected chi connectivity index (χ2v) is 16.9. The van der Waals surface area contributed by atoms with E-state index in [1.54, 1.807) is 0 Å². The Morgan fingerprint density at radius 1 is 0.339 bits per heavy atom. The number of aryl methyl sites for hydroxylation is 1. The maximum absolute atomic E-state index is 4.87. The van der Waals surface area contributed by atoms with Gasteiger partial charge in [0, 0.05) is 16.5 Å². The van der Waals surface area contributed by atoms with Crippen LogP contribution in [0.25, 0.3) is 77.9 Å². The van der Waals surface area contributed by atoms with Crippen molar-refractivity contribution in [2.75, 3.05) is 0 Å². The molecule has 1 aromatic heterocycles. The third-order valence-corrected chi connectivity index (χ3v) is 13.1. The molecule has 8 aromatic carbocycles. The summed E-state index contributed by atoms with van der Waals surface area (Å²) < 4.78 is 0. The predicted octanol–water partition coefficient (Wildman–Crippen LogP) is 15.8. The Bertz CT molecular complexity index is 2830. The minimum absolute atomic E-state index is 0.163. The second kappa shape index (κ2) is 15.2. The van der Waals surface area contributed by atoms with Crippen LogP contribution >= 0.6 is 11.8 Å². The molecule has 9 aromatic rings. The smallest absolute Gasteiger partial charge is 0.105 e. The molecule has 2 heteroatoms. The number of pyridine rings is 1. The Balaban J connectivity index is 1.32. The summed E-state index contributed by atoms with van der Waals surface area (Å²) in [6.45, 7) is 6.91. The molecule has 0 saturated carbocycles. The molecule has 0 bridgehead atoms. The average molecular weight is 774 g/mol. The van der Waals surface area contributed by atoms with Crippen LogP contribution < -0.4 is 0 Å². The van der Waals surface area contributed by atoms with Gasteiger partial charge in [-0.25, -0.2) is 4.98 Å². The van der Waals surface area contributed by atoms with Crippen LogP contribution in [-0.2, 0) is 5.41 Å². The molecule has 10 rings (SSSR count). The second-order valence-electron chi connectivity index (χ2n) is 15.9. The first kappa shape index (κ1) is 36.6. The highest BCUT2D eigenvalue weighted by molar-refractivity contribution is 7.99. The van der Waals surface area contributed by atoms with Crippen LogP contribution in [0, 0.1) is 6.92 Å². The van der Waals surface area contributed by atoms with Crippen molar-refractivity contribution in [1.82, 2.24) is 4.98 Å². The van der Waals surface area contributed by atoms with Crippen molar-refractivity contribution in [3.05, 3.63) is 223 Å². The van der Waals surface area contributed by atoms with Crippen LogP contribution in [0.15, 0.2) is 216 Å². The van der Waals surface area contributed by atoms with Crippen LogP contribution in [-0.4, -0.2) is 4.98 Å². The van der Waals surface area contributed by atoms with Gasteiger partial charge in [0.15, 0.2) is 0 Å². The van der Waals surface area contributed by atoms with E-state index in [2.05, 4.69) is 221 Å². The maximum Gasteiger partial charge on any atom is 0.105 e. The van der Waals surface area contributed by atoms with E-state index in [-0.39, 0.29) is 5.41 Å². The largest absolute Gasteiger partial charge is 0.249 e. The van der Waals surface area contributed by atoms with Crippen molar-refractivity contribution in [1.29, 1.82) is 0 Å². The van der Waals surface area contributed by atoms with Crippen molar-refractivity contribution in [2.45, 2.75) is 36.1 Å². The highest BCUT2D eigenvalue weighted by Crippen LogP contribution is 2.57. The first-order chi connectivity index (χ1) is 29.0. The van der Waals surface area contributed by atoms with Crippen molar-refractivity contribution in [3.63, 3.8) is 0 Å². The minimum atomic E-state index is -0.163. The normalized spacial score (nSPS) is 12.7. The zero-order valence-corrected chi connectivity index (χ0v) is 34.3. The topological polar surface area (TPSA) is 12.9 Å². The first-order valence-electron chi connectivity index (χ1n) is 20.4. The van der Waals surface area contributed by atoms with E-state index in [4.69, 9.17) is 4.98 Å². The molecule has 2 heterocycles. The molecule has 0 unspecified atom stereocenters. The molecule has 1 nitrogen and oxygen atoms in total. The summed E-state index contributed by atoms with van der Waals surface area (Å²) in [4.78, 5) is 6.17. The molecule has 0 saturated heterocycles. The third-order valence-electron chi connectivity index (χ3n) is 12.0. The van der Waals surface area contributed by atoms with Crippen molar-refractivity contribution in [2.24, 2.45) is 0 Å². The van der Waals surface area contributed by atoms with Gasteiger partial charge in [-0.2, -0.15) is 0 Å². The predicted molar refractivity (Wildman–Crippen MR) is 250 cm³/mol. The van der Waals surface area contributed by atoms with Gasteiger partial charge < -0.3 is 0 Å². The Morgan fingerprint density at radius 3 is 1.05 bits per heavy atom. The Morgan fingerprint density at radius 2 is 0.678 bits per heavy atom. The van der Waals surface area contributed by atoms with Gasteiger partial charge in [-0.05, 0) is 108 Å². The summed E-state index contributed by atoms with van der Waals surface area (Å²) in [5, 5.41) is 1.09. The fraction of sp³-hybridized carbons (Fsp3) is 0.0702. The number of rotatable bonds is 7. The summed E-state index contributed by atoms with van der Waals surface area (Å²) in [5.41, 5.74) is 20.6. The van der Waals surface area contributed by atoms with Gasteiger partial charge in [0.05, 0.1) is 0 Å². The van der Waals surface area contributed by atoms with E-state index < -0.39 is 0 Å². The Labute approximate surface area is 352 Å². The third kappa shape index (κ3) is 6.41. The number of hydrogen-bond donors (Lipinski definition) is 0. The molecule has 0 spiro atoms. The lowest BCUT2D eigenvalue weighted by Crippen LogP contribution is -2.24. The highest BCUT2D eigenvalue weighted by atomic mass is 32.2. The number of hydrogen-bond acceptors (Lipinski definition) is 2. The van der Waals surface area contributed by atoms with Crippen molar-refractivity contribution in [3.8, 4) is 77.9 Å². The molecule has 0 fully saturated rings. The number of benzene rings is 8. The molecule has 282 valence electrons. The van der Waals surface area contributed by atoms with E-state index in [1.165, 1.54) is 99.5 Å². The van der Waals surface area contributed by atoms with E-state index in [9.17, 15) is 0 Å². The quantitative estimate of drug-likeness (QED) is 0.160. The fourth-order valence-corrected chi connectivity index (χ4v) is 10.7. The van der Waals surface area contributed by atoms with E-state index in [1.807, 2.05) is 18.0 Å². The van der Waals surface area contributed by atoms with Crippen LogP contribution in [0.1, 0.15) is 30.5 Å². The lowest BCUT2D eigenvalue weighted by molar-refractivity contribution is 0.599. The van der Waals surface area contributed by atoms with Gasteiger partial charge in [0.25, 0.3) is 0 Å². The maximum atomic E-state index is 4.87. The van der Waals surface area contributed by atoms with Crippen LogP contribution in [0.3, 0.4) is 0 Å². The van der Waals surface area contributed by atoms with Crippen LogP contribution in [0.4, 0.5) is 0 Å². The summed E-state index contributed by atoms with van der Waals surface area (Å²) in [5.74, 6) is 0. The van der Waals surface area contributed by atoms with Gasteiger partial charge >= 0.3 is 0 Å². The Kier molecular flexibility index (Phi) is 9.43. The monoisotopic (exact) mass is 773 g/mol. The van der Waals surface area contributed by atoms with Gasteiger partial charge in [-0.3, -0.25) is 0 Å². The van der Waals surface area contributed by atoms with E-state index >= 15 is 0 Å². The number of fused-ring (bicyclic) bond motifs is 2. The molecular weight excluding hydrogens is 731 g/mol. The molecule has 1 aliphatic heterocycles. The van der Waals surface area contributed by atoms with Crippen LogP contribution in [0.2, 0.25) is 0 Å². The lowest BCUT2D eigenvalue weighted by Gasteiger charge is -2.35. The lowest BCUT2D eigenvalue weighted by atomic mass is 9.74. The van der Waals surface area contributed by atoms with Crippen molar-refractivity contribution >= 4 is 11.8 Å². The molecular formula is C57H43NS. The molecule has 0 radical (unpaired) electrons. The van der Waals surface area contributed by atoms with Crippen molar-refractivity contribution < 1.29 is 0 Å². The summed E-state index contributed by atoms with van der Waals surface area (Å²) in [7, 11) is 0. The Hall–Kier alpha value is -6.74. The molecule has 1 aliphatic rings. The first-order valence-corrected chi connectivity index (χ1v) is 21.2. The molecule has 59 heavy (non-hydrogen) atoms. The summed E-state index contributed by atoms with van der Waals surface area (Å²) in [6.07, 6.45) is 1.92. The highest BCUT2D eigenvalue weighted by Gasteiger charge is 2.36. The van der Waals surface area contributed by atoms with Gasteiger partial charge in [0.1, 0.15) is 5.03 Å². The molecule has 0 atom stereocenters. The van der Waals surface area contributed by atoms with Gasteiger partial charge in [-0.15, -0.1) is 0 Å². The van der Waals surface area contributed by atoms with Gasteiger partial charge in [0.2, 0.25) is 0 Å². The minimum Gasteiger partial charge on any atom is -0.249 e. The average Bonchev–Trinajstić information content (AvgIpc) is 3.29. The molecule has 0 amide bonds. The SMILES string of the molecule is Cc1ccc2c(c1-c1ccc(-c3c(-c4ccccc4)c(-c4ccccc4)c(-c4ccccc4)c(-c4ccccc4)c3-c3ccccc3)cc1)Sc1ncccc1C2(C)C. The van der Waals surface area contributed by atoms with Crippen LogP contribution in [0.5, 0.6) is 0 Å². The molecule has 0 N–H and O–H groups in total. The summed E-state index contributed by atoms with van der Waals surface area (Å²) >= 11 is 1.81. The number of nitrogens with zero attached hydrogens (tertiary/aromatic N) is 1. The zero-order valence-electron chi connectivity index (χ0n) is 33.5. The van der Waals surface area contributed by atoms with E-state index in [0.29, 0.717) is 0 Å². The fourth-order valence-electron chi connectivity index (χ4n) is 9.14. The number of aromatic nitrogens is 1.